The number of nitrogens with zero attached hydrogens (tertiary/aromatic N) is 2. The molecule has 13 nitrogen and oxygen atoms in total. The van der Waals surface area contributed by atoms with Crippen molar-refractivity contribution in [2.75, 3.05) is 0 Å². The maximum Gasteiger partial charge on any atom is 0.339 e. The van der Waals surface area contributed by atoms with Gasteiger partial charge in [0.15, 0.2) is 11.5 Å². The van der Waals surface area contributed by atoms with Gasteiger partial charge in [0.25, 0.3) is 11.4 Å². The molecule has 0 aromatic heterocycles. The van der Waals surface area contributed by atoms with Crippen molar-refractivity contribution < 1.29 is 39.8 Å². The van der Waals surface area contributed by atoms with Crippen molar-refractivity contribution in [3.63, 3.8) is 0 Å². The Morgan fingerprint density at radius 3 is 1.44 bits per heavy atom. The average Bonchev–Trinajstić information content (AvgIpc) is 2.80. The molecule has 0 bridgehead atoms. The second-order valence-corrected chi connectivity index (χ2v) is 9.49. The predicted molar refractivity (Wildman–Crippen MR) is 114 cm³/mol. The van der Waals surface area contributed by atoms with Crippen LogP contribution in [0.4, 0.5) is 11.4 Å². The van der Waals surface area contributed by atoms with Crippen molar-refractivity contribution in [1.82, 2.24) is 0 Å². The summed E-state index contributed by atoms with van der Waals surface area (Å²) in [7, 11) is -9.22. The SMILES string of the molecule is O=Cc1ccc(OS(=O)(=O)c2ccc([N+](=O)[O-])cc2)c(OS(=O)(=O)c2ccc([N+](=O)[O-])cc2)c1. The summed E-state index contributed by atoms with van der Waals surface area (Å²) >= 11 is 0. The smallest absolute Gasteiger partial charge is 0.339 e. The lowest BCUT2D eigenvalue weighted by Gasteiger charge is -2.13. The van der Waals surface area contributed by atoms with Gasteiger partial charge >= 0.3 is 20.2 Å². The van der Waals surface area contributed by atoms with E-state index in [9.17, 15) is 41.9 Å². The molecule has 0 aliphatic carbocycles. The maximum atomic E-state index is 12.6. The standard InChI is InChI=1S/C19H12N2O11S2/c22-12-13-1-10-18(31-33(27,28)16-6-2-14(3-7-16)20(23)24)19(11-13)32-34(29,30)17-8-4-15(5-9-17)21(25)26/h1-12H. The molecule has 0 aliphatic rings. The Morgan fingerprint density at radius 2 is 1.06 bits per heavy atom. The monoisotopic (exact) mass is 508 g/mol. The predicted octanol–water partition coefficient (Wildman–Crippen LogP) is 2.85. The average molecular weight is 508 g/mol. The Morgan fingerprint density at radius 1 is 0.647 bits per heavy atom. The van der Waals surface area contributed by atoms with E-state index in [-0.39, 0.29) is 16.9 Å². The Labute approximate surface area is 191 Å². The number of hydrogen-bond donors (Lipinski definition) is 0. The number of nitro groups is 2. The van der Waals surface area contributed by atoms with Crippen LogP contribution in [-0.4, -0.2) is 33.0 Å². The van der Waals surface area contributed by atoms with Gasteiger partial charge in [-0.3, -0.25) is 25.0 Å². The number of carbonyl (C=O) groups excluding carboxylic acids is 1. The third-order valence-electron chi connectivity index (χ3n) is 4.18. The van der Waals surface area contributed by atoms with Gasteiger partial charge in [-0.15, -0.1) is 0 Å². The minimum absolute atomic E-state index is 0.0750. The van der Waals surface area contributed by atoms with Crippen LogP contribution < -0.4 is 8.37 Å². The first kappa shape index (κ1) is 24.3. The minimum atomic E-state index is -4.63. The summed E-state index contributed by atoms with van der Waals surface area (Å²) in [6.07, 6.45) is 0.347. The number of hydrogen-bond acceptors (Lipinski definition) is 11. The lowest BCUT2D eigenvalue weighted by Crippen LogP contribution is -2.14. The number of nitro benzene ring substituents is 2. The first-order valence-electron chi connectivity index (χ1n) is 8.90. The summed E-state index contributed by atoms with van der Waals surface area (Å²) in [5.74, 6) is -1.26. The molecule has 0 atom stereocenters. The second-order valence-electron chi connectivity index (χ2n) is 6.40. The van der Waals surface area contributed by atoms with Crippen LogP contribution in [0.2, 0.25) is 0 Å². The highest BCUT2D eigenvalue weighted by Crippen LogP contribution is 2.33. The van der Waals surface area contributed by atoms with Gasteiger partial charge in [-0.25, -0.2) is 0 Å². The van der Waals surface area contributed by atoms with Crippen LogP contribution in [0.3, 0.4) is 0 Å². The van der Waals surface area contributed by atoms with Crippen LogP contribution >= 0.6 is 0 Å². The normalized spacial score (nSPS) is 11.4. The van der Waals surface area contributed by atoms with Crippen LogP contribution in [-0.2, 0) is 20.2 Å². The number of carbonyl (C=O) groups is 1. The highest BCUT2D eigenvalue weighted by Gasteiger charge is 2.25. The summed E-state index contributed by atoms with van der Waals surface area (Å²) in [6.45, 7) is 0. The van der Waals surface area contributed by atoms with Gasteiger partial charge in [0, 0.05) is 29.8 Å². The molecule has 0 unspecified atom stereocenters. The number of benzene rings is 3. The molecule has 0 amide bonds. The molecule has 3 rings (SSSR count). The van der Waals surface area contributed by atoms with E-state index in [1.54, 1.807) is 0 Å². The second kappa shape index (κ2) is 9.24. The van der Waals surface area contributed by atoms with Crippen molar-refractivity contribution in [3.8, 4) is 11.5 Å². The molecule has 0 aliphatic heterocycles. The zero-order valence-corrected chi connectivity index (χ0v) is 18.3. The van der Waals surface area contributed by atoms with E-state index in [2.05, 4.69) is 0 Å². The highest BCUT2D eigenvalue weighted by molar-refractivity contribution is 7.87. The summed E-state index contributed by atoms with van der Waals surface area (Å²) < 4.78 is 60.4. The van der Waals surface area contributed by atoms with Crippen LogP contribution in [0.5, 0.6) is 11.5 Å². The van der Waals surface area contributed by atoms with E-state index in [0.29, 0.717) is 6.29 Å². The van der Waals surface area contributed by atoms with E-state index in [1.165, 1.54) is 0 Å². The number of aldehydes is 1. The van der Waals surface area contributed by atoms with E-state index in [0.717, 1.165) is 66.7 Å². The molecule has 0 spiro atoms. The third kappa shape index (κ3) is 5.33. The molecule has 176 valence electrons. The third-order valence-corrected chi connectivity index (χ3v) is 6.67. The van der Waals surface area contributed by atoms with Crippen LogP contribution in [0.25, 0.3) is 0 Å². The Bertz CT molecular complexity index is 1480. The van der Waals surface area contributed by atoms with E-state index in [4.69, 9.17) is 8.37 Å². The van der Waals surface area contributed by atoms with Crippen molar-refractivity contribution in [2.45, 2.75) is 9.79 Å². The molecule has 0 heterocycles. The van der Waals surface area contributed by atoms with Crippen molar-refractivity contribution in [1.29, 1.82) is 0 Å². The first-order chi connectivity index (χ1) is 15.9. The largest absolute Gasteiger partial charge is 0.375 e. The summed E-state index contributed by atoms with van der Waals surface area (Å²) in [5, 5.41) is 21.5. The van der Waals surface area contributed by atoms with Gasteiger partial charge in [-0.2, -0.15) is 16.8 Å². The summed E-state index contributed by atoms with van der Waals surface area (Å²) in [6, 6.07) is 10.4. The van der Waals surface area contributed by atoms with E-state index >= 15 is 0 Å². The minimum Gasteiger partial charge on any atom is -0.375 e. The first-order valence-corrected chi connectivity index (χ1v) is 11.7. The topological polar surface area (TPSA) is 190 Å². The maximum absolute atomic E-state index is 12.6. The quantitative estimate of drug-likeness (QED) is 0.179. The van der Waals surface area contributed by atoms with E-state index in [1.807, 2.05) is 0 Å². The molecule has 0 fully saturated rings. The molecule has 0 saturated carbocycles. The molecule has 3 aromatic rings. The zero-order chi connectivity index (χ0) is 25.1. The van der Waals surface area contributed by atoms with Gasteiger partial charge in [0.1, 0.15) is 16.1 Å². The van der Waals surface area contributed by atoms with Crippen molar-refractivity contribution in [2.24, 2.45) is 0 Å². The molecular weight excluding hydrogens is 496 g/mol. The van der Waals surface area contributed by atoms with Crippen molar-refractivity contribution in [3.05, 3.63) is 92.5 Å². The molecule has 0 saturated heterocycles. The Kier molecular flexibility index (Phi) is 6.60. The lowest BCUT2D eigenvalue weighted by molar-refractivity contribution is -0.385. The molecule has 34 heavy (non-hydrogen) atoms. The fraction of sp³-hybridized carbons (Fsp3) is 0. The van der Waals surface area contributed by atoms with Gasteiger partial charge < -0.3 is 8.37 Å². The van der Waals surface area contributed by atoms with Gasteiger partial charge in [0.2, 0.25) is 0 Å². The number of rotatable bonds is 9. The van der Waals surface area contributed by atoms with Crippen LogP contribution in [0.15, 0.2) is 76.5 Å². The lowest BCUT2D eigenvalue weighted by atomic mass is 10.2. The van der Waals surface area contributed by atoms with Gasteiger partial charge in [-0.05, 0) is 42.5 Å². The van der Waals surface area contributed by atoms with Crippen LogP contribution in [0, 0.1) is 20.2 Å². The fourth-order valence-electron chi connectivity index (χ4n) is 2.53. The molecule has 3 aromatic carbocycles. The zero-order valence-electron chi connectivity index (χ0n) is 16.6. The Hall–Kier alpha value is -4.37. The highest BCUT2D eigenvalue weighted by atomic mass is 32.2. The van der Waals surface area contributed by atoms with Crippen molar-refractivity contribution >= 4 is 37.9 Å². The van der Waals surface area contributed by atoms with Gasteiger partial charge in [0.05, 0.1) is 9.85 Å². The fourth-order valence-corrected chi connectivity index (χ4v) is 4.41. The summed E-state index contributed by atoms with van der Waals surface area (Å²) in [5.41, 5.74) is -0.818. The van der Waals surface area contributed by atoms with Crippen LogP contribution in [0.1, 0.15) is 10.4 Å². The van der Waals surface area contributed by atoms with E-state index < -0.39 is 51.4 Å². The Balaban J connectivity index is 1.96. The molecule has 15 heteroatoms. The number of non-ortho nitro benzene ring substituents is 2. The summed E-state index contributed by atoms with van der Waals surface area (Å²) in [4.78, 5) is 30.2. The molecular formula is C19H12N2O11S2. The molecule has 0 radical (unpaired) electrons. The molecule has 0 N–H and O–H groups in total. The van der Waals surface area contributed by atoms with Gasteiger partial charge in [-0.1, -0.05) is 0 Å².